The predicted molar refractivity (Wildman–Crippen MR) is 229 cm³/mol. The molecule has 0 unspecified atom stereocenters. The van der Waals surface area contributed by atoms with Crippen LogP contribution in [-0.2, 0) is 31.9 Å². The molecule has 281 valence electrons. The van der Waals surface area contributed by atoms with E-state index in [1.165, 1.54) is 27.4 Å². The maximum Gasteiger partial charge on any atom is 0.0798 e. The molecule has 0 fully saturated rings. The van der Waals surface area contributed by atoms with E-state index in [2.05, 4.69) is 149 Å². The molecule has 0 amide bonds. The Kier molecular flexibility index (Phi) is 11.5. The summed E-state index contributed by atoms with van der Waals surface area (Å²) in [5.74, 6) is 1.44. The van der Waals surface area contributed by atoms with E-state index in [0.717, 1.165) is 51.2 Å². The Morgan fingerprint density at radius 2 is 1.53 bits per heavy atom. The molecule has 3 aromatic heterocycles. The molecule has 0 atom stereocenters. The van der Waals surface area contributed by atoms with E-state index >= 15 is 0 Å². The molecule has 3 heterocycles. The molecule has 0 saturated heterocycles. The summed E-state index contributed by atoms with van der Waals surface area (Å²) >= 11 is 0. The monoisotopic (exact) mass is 917 g/mol. The third-order valence-electron chi connectivity index (χ3n) is 9.76. The molecule has 0 spiro atoms. The van der Waals surface area contributed by atoms with Gasteiger partial charge in [0.15, 0.2) is 0 Å². The van der Waals surface area contributed by atoms with E-state index in [1.54, 1.807) is 12.1 Å². The number of aromatic nitrogens is 3. The number of rotatable bonds is 7. The van der Waals surface area contributed by atoms with Crippen LogP contribution >= 0.6 is 0 Å². The van der Waals surface area contributed by atoms with Crippen molar-refractivity contribution in [3.63, 3.8) is 0 Å². The number of benzene rings is 5. The standard InChI is InChI=1S/C31H25N2O.C18H24NSi.Ir/c1-31(2,3)23-16-12-21(13-17-23)22-14-18-24(19-15-22)33-28-10-6-5-9-27(28)32-30(33)26-20-34-29-11-7-4-8-25(26)29;1-14(2)11-16-12-17(15-9-7-6-8-10-15)19-13-18(16)20(3,4)5;/h4-19H,1-3H3;6-9,12-14H,11H2,1-5H3;/q2*-1;/i7D;;. The van der Waals surface area contributed by atoms with E-state index in [1.807, 2.05) is 42.5 Å². The van der Waals surface area contributed by atoms with Gasteiger partial charge in [-0.3, -0.25) is 4.98 Å². The van der Waals surface area contributed by atoms with Gasteiger partial charge < -0.3 is 14.0 Å². The van der Waals surface area contributed by atoms with Crippen molar-refractivity contribution in [2.75, 3.05) is 0 Å². The van der Waals surface area contributed by atoms with Gasteiger partial charge >= 0.3 is 0 Å². The molecule has 5 aromatic carbocycles. The Morgan fingerprint density at radius 1 is 0.836 bits per heavy atom. The van der Waals surface area contributed by atoms with Crippen LogP contribution in [0.5, 0.6) is 0 Å². The Morgan fingerprint density at radius 3 is 2.18 bits per heavy atom. The number of hydrogen-bond donors (Lipinski definition) is 0. The van der Waals surface area contributed by atoms with Crippen molar-refractivity contribution in [1.29, 1.82) is 0 Å². The van der Waals surface area contributed by atoms with Gasteiger partial charge in [-0.25, -0.2) is 0 Å². The van der Waals surface area contributed by atoms with Crippen LogP contribution in [0.25, 0.3) is 61.5 Å². The maximum atomic E-state index is 7.89. The minimum Gasteiger partial charge on any atom is -0.557 e. The summed E-state index contributed by atoms with van der Waals surface area (Å²) in [4.78, 5) is 9.63. The van der Waals surface area contributed by atoms with Crippen molar-refractivity contribution in [3.05, 3.63) is 157 Å². The van der Waals surface area contributed by atoms with Gasteiger partial charge in [-0.15, -0.1) is 42.0 Å². The molecule has 0 saturated carbocycles. The molecule has 6 heteroatoms. The van der Waals surface area contributed by atoms with Crippen molar-refractivity contribution in [1.82, 2.24) is 14.5 Å². The van der Waals surface area contributed by atoms with E-state index < -0.39 is 8.07 Å². The van der Waals surface area contributed by atoms with Crippen molar-refractivity contribution in [2.24, 2.45) is 5.92 Å². The number of pyridine rings is 1. The third kappa shape index (κ3) is 8.83. The zero-order valence-corrected chi connectivity index (χ0v) is 36.4. The van der Waals surface area contributed by atoms with Crippen molar-refractivity contribution >= 4 is 35.3 Å². The van der Waals surface area contributed by atoms with E-state index in [9.17, 15) is 0 Å². The van der Waals surface area contributed by atoms with Gasteiger partial charge in [0.05, 0.1) is 26.3 Å². The second-order valence-electron chi connectivity index (χ2n) is 16.5. The number of furan rings is 1. The first-order valence-corrected chi connectivity index (χ1v) is 22.3. The van der Waals surface area contributed by atoms with Crippen LogP contribution < -0.4 is 5.19 Å². The van der Waals surface area contributed by atoms with Crippen LogP contribution in [0.4, 0.5) is 0 Å². The largest absolute Gasteiger partial charge is 0.557 e. The summed E-state index contributed by atoms with van der Waals surface area (Å²) in [6.07, 6.45) is 6.28. The average molecular weight is 917 g/mol. The van der Waals surface area contributed by atoms with E-state index in [-0.39, 0.29) is 25.5 Å². The molecule has 4 nitrogen and oxygen atoms in total. The topological polar surface area (TPSA) is 43.9 Å². The molecule has 0 N–H and O–H groups in total. The number of fused-ring (bicyclic) bond motifs is 2. The van der Waals surface area contributed by atoms with Gasteiger partial charge in [-0.05, 0) is 69.6 Å². The maximum absolute atomic E-state index is 7.89. The van der Waals surface area contributed by atoms with Crippen LogP contribution in [0, 0.1) is 18.2 Å². The summed E-state index contributed by atoms with van der Waals surface area (Å²) in [6, 6.07) is 44.9. The Labute approximate surface area is 342 Å². The molecule has 0 aliphatic heterocycles. The predicted octanol–water partition coefficient (Wildman–Crippen LogP) is 12.5. The smallest absolute Gasteiger partial charge is 0.0798 e. The molecular weight excluding hydrogens is 867 g/mol. The summed E-state index contributed by atoms with van der Waals surface area (Å²) in [7, 11) is -1.34. The van der Waals surface area contributed by atoms with Gasteiger partial charge in [0.25, 0.3) is 0 Å². The zero-order chi connectivity index (χ0) is 38.9. The summed E-state index contributed by atoms with van der Waals surface area (Å²) in [5, 5.41) is 2.39. The zero-order valence-electron chi connectivity index (χ0n) is 34.0. The number of para-hydroxylation sites is 3. The van der Waals surface area contributed by atoms with Crippen molar-refractivity contribution < 1.29 is 25.9 Å². The molecule has 8 rings (SSSR count). The quantitative estimate of drug-likeness (QED) is 0.118. The first kappa shape index (κ1) is 38.4. The summed E-state index contributed by atoms with van der Waals surface area (Å²) in [5.41, 5.74) is 11.8. The van der Waals surface area contributed by atoms with Gasteiger partial charge in [0, 0.05) is 43.8 Å². The summed E-state index contributed by atoms with van der Waals surface area (Å²) < 4.78 is 15.7. The Hall–Kier alpha value is -4.87. The van der Waals surface area contributed by atoms with Crippen LogP contribution in [0.3, 0.4) is 0 Å². The second kappa shape index (κ2) is 16.5. The molecule has 8 aromatic rings. The first-order chi connectivity index (χ1) is 26.3. The van der Waals surface area contributed by atoms with Crippen LogP contribution in [-0.4, -0.2) is 22.6 Å². The van der Waals surface area contributed by atoms with E-state index in [0.29, 0.717) is 17.5 Å². The van der Waals surface area contributed by atoms with Crippen LogP contribution in [0.15, 0.2) is 138 Å². The average Bonchev–Trinajstić information content (AvgIpc) is 3.76. The number of hydrogen-bond acceptors (Lipinski definition) is 3. The van der Waals surface area contributed by atoms with Gasteiger partial charge in [-0.1, -0.05) is 144 Å². The number of nitrogens with zero attached hydrogens (tertiary/aromatic N) is 3. The van der Waals surface area contributed by atoms with Crippen LogP contribution in [0.1, 0.15) is 47.1 Å². The normalized spacial score (nSPS) is 12.0. The van der Waals surface area contributed by atoms with Gasteiger partial charge in [-0.2, -0.15) is 0 Å². The fraction of sp³-hybridized carbons (Fsp3) is 0.224. The van der Waals surface area contributed by atoms with Crippen molar-refractivity contribution in [2.45, 2.75) is 66.1 Å². The Bertz CT molecular complexity index is 2560. The second-order valence-corrected chi connectivity index (χ2v) is 21.5. The molecule has 1 radical (unpaired) electrons. The molecular formula is C49H49IrN3OSi-2. The van der Waals surface area contributed by atoms with E-state index in [4.69, 9.17) is 10.8 Å². The minimum atomic E-state index is -1.34. The molecule has 0 aliphatic rings. The molecule has 0 bridgehead atoms. The SMILES string of the molecule is CC(C)Cc1cc(-c2[c-]cccc2)ncc1[Si](C)(C)C.[2H]c1ccc2c(-c3nc4ccccc4n3-c3ccc(-c4ccc(C(C)(C)C)cc4)cc3)[c-]oc2c1.[Ir]. The van der Waals surface area contributed by atoms with Gasteiger partial charge in [0.2, 0.25) is 0 Å². The Balaban J connectivity index is 0.000000217. The van der Waals surface area contributed by atoms with Gasteiger partial charge in [0.1, 0.15) is 0 Å². The molecule has 55 heavy (non-hydrogen) atoms. The summed E-state index contributed by atoms with van der Waals surface area (Å²) in [6.45, 7) is 18.4. The fourth-order valence-corrected chi connectivity index (χ4v) is 8.52. The first-order valence-electron chi connectivity index (χ1n) is 19.3. The third-order valence-corrected chi connectivity index (χ3v) is 11.8. The minimum absolute atomic E-state index is 0. The van der Waals surface area contributed by atoms with Crippen molar-refractivity contribution in [3.8, 4) is 39.5 Å². The van der Waals surface area contributed by atoms with Crippen LogP contribution in [0.2, 0.25) is 19.6 Å². The number of imidazole rings is 1. The molecule has 0 aliphatic carbocycles. The fourth-order valence-electron chi connectivity index (χ4n) is 6.93.